The van der Waals surface area contributed by atoms with Crippen molar-refractivity contribution in [3.05, 3.63) is 46.1 Å². The van der Waals surface area contributed by atoms with Crippen molar-refractivity contribution in [2.45, 2.75) is 37.5 Å². The predicted molar refractivity (Wildman–Crippen MR) is 104 cm³/mol. The van der Waals surface area contributed by atoms with E-state index in [1.807, 2.05) is 0 Å². The predicted octanol–water partition coefficient (Wildman–Crippen LogP) is 4.23. The van der Waals surface area contributed by atoms with Crippen LogP contribution in [0.5, 0.6) is 0 Å². The molecule has 1 aromatic heterocycles. The van der Waals surface area contributed by atoms with Gasteiger partial charge in [-0.1, -0.05) is 6.92 Å². The van der Waals surface area contributed by atoms with Crippen LogP contribution in [-0.4, -0.2) is 17.6 Å². The Kier molecular flexibility index (Phi) is 5.98. The standard InChI is InChI=1S/C19H21FN2O2S2/c1-11-2-7-14-15(10-11)26-19(17(14)18(21)24)22-16(23)8-9-25-13-5-3-12(20)4-6-13/h3-6,11H,2,7-10H2,1H3,(H2,21,24)(H,22,23)/t11-/m0/s1. The second-order valence-electron chi connectivity index (χ2n) is 6.52. The third kappa shape index (κ3) is 4.45. The summed E-state index contributed by atoms with van der Waals surface area (Å²) in [5, 5.41) is 3.44. The van der Waals surface area contributed by atoms with Crippen LogP contribution < -0.4 is 11.1 Å². The summed E-state index contributed by atoms with van der Waals surface area (Å²) in [6, 6.07) is 6.19. The molecule has 0 fully saturated rings. The summed E-state index contributed by atoms with van der Waals surface area (Å²) in [7, 11) is 0. The molecule has 0 unspecified atom stereocenters. The number of nitrogens with one attached hydrogen (secondary N) is 1. The minimum Gasteiger partial charge on any atom is -0.365 e. The Hall–Kier alpha value is -1.86. The first-order valence-corrected chi connectivity index (χ1v) is 10.4. The Bertz CT molecular complexity index is 818. The molecular formula is C19H21FN2O2S2. The molecule has 1 aliphatic carbocycles. The summed E-state index contributed by atoms with van der Waals surface area (Å²) in [6.45, 7) is 2.19. The molecule has 0 aliphatic heterocycles. The molecule has 0 bridgehead atoms. The van der Waals surface area contributed by atoms with Gasteiger partial charge in [0.05, 0.1) is 5.56 Å². The second kappa shape index (κ2) is 8.22. The Morgan fingerprint density at radius 2 is 2.08 bits per heavy atom. The van der Waals surface area contributed by atoms with Crippen LogP contribution in [0.3, 0.4) is 0 Å². The number of hydrogen-bond donors (Lipinski definition) is 2. The Morgan fingerprint density at radius 3 is 2.77 bits per heavy atom. The topological polar surface area (TPSA) is 72.2 Å². The van der Waals surface area contributed by atoms with Crippen molar-refractivity contribution in [2.75, 3.05) is 11.1 Å². The van der Waals surface area contributed by atoms with Crippen molar-refractivity contribution < 1.29 is 14.0 Å². The molecule has 0 saturated heterocycles. The quantitative estimate of drug-likeness (QED) is 0.723. The maximum Gasteiger partial charge on any atom is 0.251 e. The molecule has 2 amide bonds. The Morgan fingerprint density at radius 1 is 1.35 bits per heavy atom. The number of fused-ring (bicyclic) bond motifs is 1. The number of thioether (sulfide) groups is 1. The Labute approximate surface area is 160 Å². The van der Waals surface area contributed by atoms with Crippen molar-refractivity contribution >= 4 is 39.9 Å². The lowest BCUT2D eigenvalue weighted by Crippen LogP contribution is -2.19. The molecule has 1 heterocycles. The molecule has 1 atom stereocenters. The van der Waals surface area contributed by atoms with E-state index in [9.17, 15) is 14.0 Å². The molecule has 0 radical (unpaired) electrons. The lowest BCUT2D eigenvalue weighted by Gasteiger charge is -2.18. The first kappa shape index (κ1) is 18.9. The van der Waals surface area contributed by atoms with Crippen molar-refractivity contribution in [3.63, 3.8) is 0 Å². The van der Waals surface area contributed by atoms with Gasteiger partial charge in [0.1, 0.15) is 10.8 Å². The number of anilines is 1. The van der Waals surface area contributed by atoms with Gasteiger partial charge >= 0.3 is 0 Å². The van der Waals surface area contributed by atoms with Crippen molar-refractivity contribution in [1.29, 1.82) is 0 Å². The molecule has 0 saturated carbocycles. The van der Waals surface area contributed by atoms with Crippen LogP contribution in [0.4, 0.5) is 9.39 Å². The number of hydrogen-bond acceptors (Lipinski definition) is 4. The van der Waals surface area contributed by atoms with E-state index >= 15 is 0 Å². The van der Waals surface area contributed by atoms with Gasteiger partial charge in [-0.25, -0.2) is 4.39 Å². The summed E-state index contributed by atoms with van der Waals surface area (Å²) in [5.74, 6) is 0.257. The number of carbonyl (C=O) groups excluding carboxylic acids is 2. The molecule has 7 heteroatoms. The van der Waals surface area contributed by atoms with Gasteiger partial charge in [-0.05, 0) is 55.0 Å². The van der Waals surface area contributed by atoms with Crippen LogP contribution in [0.1, 0.15) is 40.6 Å². The third-order valence-corrected chi connectivity index (χ3v) is 6.61. The normalized spacial score (nSPS) is 16.2. The van der Waals surface area contributed by atoms with Crippen molar-refractivity contribution in [1.82, 2.24) is 0 Å². The minimum atomic E-state index is -0.479. The highest BCUT2D eigenvalue weighted by Crippen LogP contribution is 2.39. The van der Waals surface area contributed by atoms with E-state index in [2.05, 4.69) is 12.2 Å². The first-order valence-electron chi connectivity index (χ1n) is 8.56. The summed E-state index contributed by atoms with van der Waals surface area (Å²) in [5.41, 5.74) is 7.06. The number of benzene rings is 1. The summed E-state index contributed by atoms with van der Waals surface area (Å²) in [4.78, 5) is 26.2. The molecule has 2 aromatic rings. The molecule has 3 rings (SSSR count). The number of carbonyl (C=O) groups is 2. The molecule has 0 spiro atoms. The second-order valence-corrected chi connectivity index (χ2v) is 8.79. The van der Waals surface area contributed by atoms with Crippen LogP contribution in [0.25, 0.3) is 0 Å². The maximum atomic E-state index is 12.9. The number of nitrogens with two attached hydrogens (primary N) is 1. The van der Waals surface area contributed by atoms with E-state index in [4.69, 9.17) is 5.73 Å². The highest BCUT2D eigenvalue weighted by Gasteiger charge is 2.27. The van der Waals surface area contributed by atoms with Gasteiger partial charge in [0.25, 0.3) is 5.91 Å². The number of halogens is 1. The van der Waals surface area contributed by atoms with Crippen LogP contribution in [0, 0.1) is 11.7 Å². The third-order valence-electron chi connectivity index (χ3n) is 4.42. The molecule has 1 aliphatic rings. The summed E-state index contributed by atoms with van der Waals surface area (Å²) >= 11 is 2.96. The zero-order chi connectivity index (χ0) is 18.7. The molecule has 4 nitrogen and oxygen atoms in total. The van der Waals surface area contributed by atoms with Gasteiger partial charge in [-0.2, -0.15) is 0 Å². The molecule has 1 aromatic carbocycles. The van der Waals surface area contributed by atoms with E-state index in [0.29, 0.717) is 28.7 Å². The van der Waals surface area contributed by atoms with Gasteiger partial charge in [-0.3, -0.25) is 9.59 Å². The first-order chi connectivity index (χ1) is 12.4. The molecule has 138 valence electrons. The SMILES string of the molecule is C[C@H]1CCc2c(sc(NC(=O)CCSc3ccc(F)cc3)c2C(N)=O)C1. The van der Waals surface area contributed by atoms with Gasteiger partial charge in [-0.15, -0.1) is 23.1 Å². The van der Waals surface area contributed by atoms with Gasteiger partial charge in [0.2, 0.25) is 5.91 Å². The molecular weight excluding hydrogens is 371 g/mol. The minimum absolute atomic E-state index is 0.145. The number of primary amides is 1. The highest BCUT2D eigenvalue weighted by atomic mass is 32.2. The fourth-order valence-corrected chi connectivity index (χ4v) is 5.37. The largest absolute Gasteiger partial charge is 0.365 e. The van der Waals surface area contributed by atoms with Gasteiger partial charge in [0, 0.05) is 21.9 Å². The fraction of sp³-hybridized carbons (Fsp3) is 0.368. The van der Waals surface area contributed by atoms with Crippen LogP contribution in [-0.2, 0) is 17.6 Å². The van der Waals surface area contributed by atoms with Crippen molar-refractivity contribution in [3.8, 4) is 0 Å². The highest BCUT2D eigenvalue weighted by molar-refractivity contribution is 7.99. The fourth-order valence-electron chi connectivity index (χ4n) is 3.08. The van der Waals surface area contributed by atoms with Crippen LogP contribution in [0.2, 0.25) is 0 Å². The van der Waals surface area contributed by atoms with Crippen LogP contribution >= 0.6 is 23.1 Å². The van der Waals surface area contributed by atoms with Crippen LogP contribution in [0.15, 0.2) is 29.2 Å². The van der Waals surface area contributed by atoms with E-state index in [1.165, 1.54) is 35.2 Å². The summed E-state index contributed by atoms with van der Waals surface area (Å²) < 4.78 is 12.9. The van der Waals surface area contributed by atoms with E-state index in [0.717, 1.165) is 34.6 Å². The zero-order valence-electron chi connectivity index (χ0n) is 14.5. The summed E-state index contributed by atoms with van der Waals surface area (Å²) in [6.07, 6.45) is 3.10. The number of thiophene rings is 1. The van der Waals surface area contributed by atoms with E-state index in [-0.39, 0.29) is 11.7 Å². The van der Waals surface area contributed by atoms with Gasteiger partial charge in [0.15, 0.2) is 0 Å². The number of rotatable bonds is 6. The lowest BCUT2D eigenvalue weighted by atomic mass is 9.88. The maximum absolute atomic E-state index is 12.9. The van der Waals surface area contributed by atoms with E-state index < -0.39 is 5.91 Å². The Balaban J connectivity index is 1.62. The molecule has 26 heavy (non-hydrogen) atoms. The number of amides is 2. The lowest BCUT2D eigenvalue weighted by molar-refractivity contribution is -0.115. The zero-order valence-corrected chi connectivity index (χ0v) is 16.1. The average molecular weight is 393 g/mol. The van der Waals surface area contributed by atoms with E-state index in [1.54, 1.807) is 12.1 Å². The smallest absolute Gasteiger partial charge is 0.251 e. The monoisotopic (exact) mass is 392 g/mol. The van der Waals surface area contributed by atoms with Gasteiger partial charge < -0.3 is 11.1 Å². The average Bonchev–Trinajstić information content (AvgIpc) is 2.93. The molecule has 3 N–H and O–H groups in total. The van der Waals surface area contributed by atoms with Crippen molar-refractivity contribution in [2.24, 2.45) is 11.7 Å².